The Kier molecular flexibility index (Phi) is 7.34. The highest BCUT2D eigenvalue weighted by molar-refractivity contribution is 6.42. The van der Waals surface area contributed by atoms with Crippen LogP contribution in [0.2, 0.25) is 10.0 Å². The van der Waals surface area contributed by atoms with E-state index in [0.29, 0.717) is 16.1 Å². The van der Waals surface area contributed by atoms with E-state index in [-0.39, 0.29) is 35.6 Å². The molecule has 0 radical (unpaired) electrons. The fraction of sp³-hybridized carbons (Fsp3) is 0.111. The topological polar surface area (TPSA) is 101 Å². The van der Waals surface area contributed by atoms with Crippen LogP contribution < -0.4 is 10.6 Å². The van der Waals surface area contributed by atoms with E-state index >= 15 is 0 Å². The van der Waals surface area contributed by atoms with Gasteiger partial charge in [0.05, 0.1) is 15.0 Å². The zero-order valence-corrected chi connectivity index (χ0v) is 15.5. The highest BCUT2D eigenvalue weighted by Gasteiger charge is 2.07. The summed E-state index contributed by atoms with van der Waals surface area (Å²) < 4.78 is 0. The van der Waals surface area contributed by atoms with E-state index in [4.69, 9.17) is 23.2 Å². The first-order chi connectivity index (χ1) is 12.9. The summed E-state index contributed by atoms with van der Waals surface area (Å²) in [6, 6.07) is 10.3. The van der Waals surface area contributed by atoms with Gasteiger partial charge in [0.25, 0.3) is 11.6 Å². The number of carbonyl (C=O) groups is 2. The van der Waals surface area contributed by atoms with Gasteiger partial charge < -0.3 is 10.6 Å². The van der Waals surface area contributed by atoms with Crippen LogP contribution in [0.5, 0.6) is 0 Å². The lowest BCUT2D eigenvalue weighted by atomic mass is 10.2. The SMILES string of the molecule is O=C(/C=C/c1ccc([N+](=O)[O-])cc1)NCCNC(=O)c1ccc(Cl)c(Cl)c1. The molecule has 0 saturated carbocycles. The van der Waals surface area contributed by atoms with Gasteiger partial charge in [-0.1, -0.05) is 23.2 Å². The van der Waals surface area contributed by atoms with E-state index in [0.717, 1.165) is 0 Å². The summed E-state index contributed by atoms with van der Waals surface area (Å²) in [5.41, 5.74) is 1.01. The third kappa shape index (κ3) is 6.40. The van der Waals surface area contributed by atoms with E-state index in [1.54, 1.807) is 18.2 Å². The smallest absolute Gasteiger partial charge is 0.269 e. The van der Waals surface area contributed by atoms with Crippen LogP contribution in [0, 0.1) is 10.1 Å². The molecular weight excluding hydrogens is 393 g/mol. The zero-order chi connectivity index (χ0) is 19.8. The molecule has 0 bridgehead atoms. The molecule has 2 aromatic rings. The van der Waals surface area contributed by atoms with Crippen molar-refractivity contribution in [1.29, 1.82) is 0 Å². The van der Waals surface area contributed by atoms with Crippen molar-refractivity contribution >= 4 is 46.8 Å². The van der Waals surface area contributed by atoms with Crippen molar-refractivity contribution in [1.82, 2.24) is 10.6 Å². The molecule has 2 aromatic carbocycles. The molecule has 0 aliphatic heterocycles. The Balaban J connectivity index is 1.74. The van der Waals surface area contributed by atoms with Crippen molar-refractivity contribution in [3.63, 3.8) is 0 Å². The Hall–Kier alpha value is -2.90. The summed E-state index contributed by atoms with van der Waals surface area (Å²) in [5.74, 6) is -0.679. The number of nitrogens with one attached hydrogen (secondary N) is 2. The summed E-state index contributed by atoms with van der Waals surface area (Å²) in [5, 5.41) is 16.5. The van der Waals surface area contributed by atoms with Crippen molar-refractivity contribution in [2.24, 2.45) is 0 Å². The van der Waals surface area contributed by atoms with E-state index in [1.807, 2.05) is 0 Å². The summed E-state index contributed by atoms with van der Waals surface area (Å²) in [7, 11) is 0. The molecule has 0 unspecified atom stereocenters. The number of amides is 2. The van der Waals surface area contributed by atoms with Crippen molar-refractivity contribution in [3.05, 3.63) is 79.8 Å². The third-order valence-electron chi connectivity index (χ3n) is 3.42. The Bertz CT molecular complexity index is 883. The number of nitrogens with zero attached hydrogens (tertiary/aromatic N) is 1. The lowest BCUT2D eigenvalue weighted by Gasteiger charge is -2.06. The van der Waals surface area contributed by atoms with Crippen LogP contribution >= 0.6 is 23.2 Å². The third-order valence-corrected chi connectivity index (χ3v) is 4.16. The van der Waals surface area contributed by atoms with Crippen molar-refractivity contribution in [2.45, 2.75) is 0 Å². The van der Waals surface area contributed by atoms with Gasteiger partial charge in [-0.3, -0.25) is 19.7 Å². The van der Waals surface area contributed by atoms with Crippen molar-refractivity contribution in [3.8, 4) is 0 Å². The summed E-state index contributed by atoms with van der Waals surface area (Å²) in [6.45, 7) is 0.465. The Morgan fingerprint density at radius 1 is 1.00 bits per heavy atom. The van der Waals surface area contributed by atoms with Gasteiger partial charge in [0, 0.05) is 36.9 Å². The van der Waals surface area contributed by atoms with E-state index < -0.39 is 4.92 Å². The molecule has 0 fully saturated rings. The molecule has 0 saturated heterocycles. The number of benzene rings is 2. The maximum absolute atomic E-state index is 12.0. The molecule has 0 aliphatic carbocycles. The minimum atomic E-state index is -0.494. The molecule has 9 heteroatoms. The number of hydrogen-bond acceptors (Lipinski definition) is 4. The van der Waals surface area contributed by atoms with Gasteiger partial charge in [-0.15, -0.1) is 0 Å². The van der Waals surface area contributed by atoms with Crippen LogP contribution in [0.1, 0.15) is 15.9 Å². The maximum Gasteiger partial charge on any atom is 0.269 e. The standard InChI is InChI=1S/C18H15Cl2N3O4/c19-15-7-4-13(11-16(15)20)18(25)22-10-9-21-17(24)8-3-12-1-5-14(6-2-12)23(26)27/h1-8,11H,9-10H2,(H,21,24)(H,22,25)/b8-3+. The van der Waals surface area contributed by atoms with E-state index in [9.17, 15) is 19.7 Å². The highest BCUT2D eigenvalue weighted by Crippen LogP contribution is 2.22. The molecule has 0 spiro atoms. The highest BCUT2D eigenvalue weighted by atomic mass is 35.5. The van der Waals surface area contributed by atoms with Gasteiger partial charge >= 0.3 is 0 Å². The van der Waals surface area contributed by atoms with Crippen LogP contribution in [0.3, 0.4) is 0 Å². The normalized spacial score (nSPS) is 10.6. The second-order valence-electron chi connectivity index (χ2n) is 5.36. The molecule has 0 atom stereocenters. The lowest BCUT2D eigenvalue weighted by molar-refractivity contribution is -0.384. The van der Waals surface area contributed by atoms with Gasteiger partial charge in [-0.05, 0) is 42.0 Å². The fourth-order valence-electron chi connectivity index (χ4n) is 2.04. The lowest BCUT2D eigenvalue weighted by Crippen LogP contribution is -2.34. The molecule has 2 amide bonds. The molecule has 2 N–H and O–H groups in total. The number of rotatable bonds is 7. The van der Waals surface area contributed by atoms with Gasteiger partial charge in [0.1, 0.15) is 0 Å². The molecule has 2 rings (SSSR count). The van der Waals surface area contributed by atoms with Gasteiger partial charge in [0.2, 0.25) is 5.91 Å². The average Bonchev–Trinajstić information content (AvgIpc) is 2.65. The largest absolute Gasteiger partial charge is 0.351 e. The van der Waals surface area contributed by atoms with E-state index in [1.165, 1.54) is 36.4 Å². The number of carbonyl (C=O) groups excluding carboxylic acids is 2. The van der Waals surface area contributed by atoms with Crippen LogP contribution in [0.25, 0.3) is 6.08 Å². The molecular formula is C18H15Cl2N3O4. The van der Waals surface area contributed by atoms with Gasteiger partial charge in [-0.2, -0.15) is 0 Å². The zero-order valence-electron chi connectivity index (χ0n) is 13.9. The number of nitro groups is 1. The molecule has 7 nitrogen and oxygen atoms in total. The molecule has 0 aromatic heterocycles. The average molecular weight is 408 g/mol. The Morgan fingerprint density at radius 3 is 2.30 bits per heavy atom. The summed E-state index contributed by atoms with van der Waals surface area (Å²) >= 11 is 11.7. The minimum absolute atomic E-state index is 0.0192. The predicted octanol–water partition coefficient (Wildman–Crippen LogP) is 3.46. The first-order valence-corrected chi connectivity index (χ1v) is 8.56. The van der Waals surface area contributed by atoms with E-state index in [2.05, 4.69) is 10.6 Å². The molecule has 27 heavy (non-hydrogen) atoms. The van der Waals surface area contributed by atoms with Gasteiger partial charge in [-0.25, -0.2) is 0 Å². The number of hydrogen-bond donors (Lipinski definition) is 2. The molecule has 0 heterocycles. The molecule has 0 aliphatic rings. The summed E-state index contributed by atoms with van der Waals surface area (Å²) in [4.78, 5) is 33.8. The Morgan fingerprint density at radius 2 is 1.67 bits per heavy atom. The van der Waals surface area contributed by atoms with Gasteiger partial charge in [0.15, 0.2) is 0 Å². The maximum atomic E-state index is 12.0. The van der Waals surface area contributed by atoms with Crippen molar-refractivity contribution in [2.75, 3.05) is 13.1 Å². The fourth-order valence-corrected chi connectivity index (χ4v) is 2.34. The quantitative estimate of drug-likeness (QED) is 0.317. The van der Waals surface area contributed by atoms with Crippen molar-refractivity contribution < 1.29 is 14.5 Å². The van der Waals surface area contributed by atoms with Crippen LogP contribution in [-0.4, -0.2) is 29.8 Å². The number of nitro benzene ring substituents is 1. The molecule has 140 valence electrons. The predicted molar refractivity (Wildman–Crippen MR) is 104 cm³/mol. The van der Waals surface area contributed by atoms with Crippen LogP contribution in [0.4, 0.5) is 5.69 Å². The second kappa shape index (κ2) is 9.70. The minimum Gasteiger partial charge on any atom is -0.351 e. The number of non-ortho nitro benzene ring substituents is 1. The number of halogens is 2. The first kappa shape index (κ1) is 20.4. The van der Waals surface area contributed by atoms with Crippen LogP contribution in [0.15, 0.2) is 48.5 Å². The monoisotopic (exact) mass is 407 g/mol. The van der Waals surface area contributed by atoms with Crippen LogP contribution in [-0.2, 0) is 4.79 Å². The first-order valence-electron chi connectivity index (χ1n) is 7.80. The summed E-state index contributed by atoms with van der Waals surface area (Å²) in [6.07, 6.45) is 2.84. The Labute approximate surface area is 165 Å². The second-order valence-corrected chi connectivity index (χ2v) is 6.17.